The lowest BCUT2D eigenvalue weighted by Gasteiger charge is -2.32. The molecule has 1 aliphatic rings. The number of piperidine rings is 1. The first-order valence-electron chi connectivity index (χ1n) is 5.21. The highest BCUT2D eigenvalue weighted by molar-refractivity contribution is 5.36. The van der Waals surface area contributed by atoms with Crippen molar-refractivity contribution in [1.29, 1.82) is 0 Å². The zero-order chi connectivity index (χ0) is 10.7. The van der Waals surface area contributed by atoms with Gasteiger partial charge in [-0.25, -0.2) is 5.10 Å². The highest BCUT2D eigenvalue weighted by Crippen LogP contribution is 2.19. The van der Waals surface area contributed by atoms with Crippen LogP contribution in [0.3, 0.4) is 0 Å². The molecule has 1 aromatic heterocycles. The number of aromatic nitrogens is 2. The lowest BCUT2D eigenvalue weighted by atomic mass is 9.99. The van der Waals surface area contributed by atoms with Crippen LogP contribution >= 0.6 is 0 Å². The number of aromatic amines is 1. The van der Waals surface area contributed by atoms with Crippen LogP contribution in [-0.4, -0.2) is 35.0 Å². The third-order valence-corrected chi connectivity index (χ3v) is 2.77. The van der Waals surface area contributed by atoms with E-state index in [1.165, 1.54) is 6.07 Å². The van der Waals surface area contributed by atoms with Crippen molar-refractivity contribution in [3.63, 3.8) is 0 Å². The molecule has 1 atom stereocenters. The fourth-order valence-electron chi connectivity index (χ4n) is 1.94. The van der Waals surface area contributed by atoms with Crippen molar-refractivity contribution in [2.24, 2.45) is 5.92 Å². The molecule has 0 aliphatic carbocycles. The molecular formula is C10H15N3O2. The molecule has 5 nitrogen and oxygen atoms in total. The molecule has 1 fully saturated rings. The highest BCUT2D eigenvalue weighted by Gasteiger charge is 2.20. The summed E-state index contributed by atoms with van der Waals surface area (Å²) < 4.78 is 0. The van der Waals surface area contributed by atoms with E-state index < -0.39 is 0 Å². The topological polar surface area (TPSA) is 69.2 Å². The average molecular weight is 209 g/mol. The summed E-state index contributed by atoms with van der Waals surface area (Å²) in [5.74, 6) is 1.11. The molecule has 2 rings (SSSR count). The van der Waals surface area contributed by atoms with Crippen LogP contribution in [0.25, 0.3) is 0 Å². The van der Waals surface area contributed by atoms with E-state index >= 15 is 0 Å². The highest BCUT2D eigenvalue weighted by atomic mass is 16.3. The van der Waals surface area contributed by atoms with E-state index in [9.17, 15) is 4.79 Å². The van der Waals surface area contributed by atoms with Gasteiger partial charge in [0.2, 0.25) is 0 Å². The van der Waals surface area contributed by atoms with Crippen molar-refractivity contribution in [2.45, 2.75) is 12.8 Å². The molecule has 2 N–H and O–H groups in total. The van der Waals surface area contributed by atoms with Crippen LogP contribution in [0, 0.1) is 5.92 Å². The molecule has 0 bridgehead atoms. The van der Waals surface area contributed by atoms with Gasteiger partial charge in [0.1, 0.15) is 5.82 Å². The van der Waals surface area contributed by atoms with Crippen molar-refractivity contribution in [3.05, 3.63) is 22.5 Å². The largest absolute Gasteiger partial charge is 0.396 e. The number of rotatable bonds is 2. The maximum atomic E-state index is 10.8. The Bertz CT molecular complexity index is 357. The molecule has 0 unspecified atom stereocenters. The molecular weight excluding hydrogens is 194 g/mol. The number of anilines is 1. The van der Waals surface area contributed by atoms with Gasteiger partial charge in [0.05, 0.1) is 0 Å². The summed E-state index contributed by atoms with van der Waals surface area (Å²) in [5, 5.41) is 15.5. The minimum absolute atomic E-state index is 0.186. The van der Waals surface area contributed by atoms with E-state index in [2.05, 4.69) is 15.1 Å². The molecule has 5 heteroatoms. The van der Waals surface area contributed by atoms with Crippen molar-refractivity contribution in [2.75, 3.05) is 24.6 Å². The summed E-state index contributed by atoms with van der Waals surface area (Å²) in [6, 6.07) is 3.20. The molecule has 82 valence electrons. The molecule has 1 aromatic rings. The van der Waals surface area contributed by atoms with E-state index in [0.717, 1.165) is 31.7 Å². The molecule has 1 aliphatic heterocycles. The second-order valence-electron chi connectivity index (χ2n) is 3.92. The first-order chi connectivity index (χ1) is 7.29. The van der Waals surface area contributed by atoms with Gasteiger partial charge in [-0.1, -0.05) is 0 Å². The van der Waals surface area contributed by atoms with Gasteiger partial charge in [0.25, 0.3) is 5.56 Å². The predicted octanol–water partition coefficient (Wildman–Crippen LogP) is -0.0214. The van der Waals surface area contributed by atoms with Crippen molar-refractivity contribution in [3.8, 4) is 0 Å². The number of aliphatic hydroxyl groups is 1. The van der Waals surface area contributed by atoms with Crippen LogP contribution in [0.4, 0.5) is 5.82 Å². The molecule has 1 saturated heterocycles. The van der Waals surface area contributed by atoms with Crippen LogP contribution in [0.15, 0.2) is 16.9 Å². The minimum atomic E-state index is -0.186. The summed E-state index contributed by atoms with van der Waals surface area (Å²) in [6.45, 7) is 1.98. The van der Waals surface area contributed by atoms with Gasteiger partial charge in [0.15, 0.2) is 0 Å². The van der Waals surface area contributed by atoms with Crippen molar-refractivity contribution >= 4 is 5.82 Å². The molecule has 15 heavy (non-hydrogen) atoms. The van der Waals surface area contributed by atoms with E-state index in [0.29, 0.717) is 5.92 Å². The number of hydrogen-bond donors (Lipinski definition) is 2. The maximum absolute atomic E-state index is 10.8. The average Bonchev–Trinajstić information content (AvgIpc) is 2.30. The molecule has 0 spiro atoms. The minimum Gasteiger partial charge on any atom is -0.396 e. The number of nitrogens with one attached hydrogen (secondary N) is 1. The second kappa shape index (κ2) is 4.44. The first kappa shape index (κ1) is 10.2. The number of aliphatic hydroxyl groups excluding tert-OH is 1. The predicted molar refractivity (Wildman–Crippen MR) is 56.9 cm³/mol. The van der Waals surface area contributed by atoms with E-state index in [4.69, 9.17) is 5.11 Å². The Balaban J connectivity index is 2.09. The fraction of sp³-hybridized carbons (Fsp3) is 0.600. The zero-order valence-corrected chi connectivity index (χ0v) is 8.52. The summed E-state index contributed by atoms with van der Waals surface area (Å²) in [6.07, 6.45) is 2.13. The Morgan fingerprint density at radius 1 is 1.60 bits per heavy atom. The van der Waals surface area contributed by atoms with Crippen molar-refractivity contribution < 1.29 is 5.11 Å². The van der Waals surface area contributed by atoms with Crippen LogP contribution < -0.4 is 10.5 Å². The van der Waals surface area contributed by atoms with Crippen LogP contribution in [-0.2, 0) is 0 Å². The normalized spacial score (nSPS) is 21.7. The SMILES string of the molecule is O=c1ccc(N2CCC[C@@H](CO)C2)n[nH]1. The Morgan fingerprint density at radius 3 is 3.13 bits per heavy atom. The summed E-state index contributed by atoms with van der Waals surface area (Å²) in [5.41, 5.74) is -0.186. The fourth-order valence-corrected chi connectivity index (χ4v) is 1.94. The van der Waals surface area contributed by atoms with E-state index in [1.807, 2.05) is 0 Å². The quantitative estimate of drug-likeness (QED) is 0.718. The van der Waals surface area contributed by atoms with E-state index in [1.54, 1.807) is 6.07 Å². The lowest BCUT2D eigenvalue weighted by molar-refractivity contribution is 0.208. The van der Waals surface area contributed by atoms with Crippen LogP contribution in [0.2, 0.25) is 0 Å². The smallest absolute Gasteiger partial charge is 0.264 e. The van der Waals surface area contributed by atoms with Gasteiger partial charge in [-0.15, -0.1) is 0 Å². The van der Waals surface area contributed by atoms with Gasteiger partial charge in [0, 0.05) is 25.8 Å². The first-order valence-corrected chi connectivity index (χ1v) is 5.21. The molecule has 0 aromatic carbocycles. The number of nitrogens with zero attached hydrogens (tertiary/aromatic N) is 2. The maximum Gasteiger partial charge on any atom is 0.264 e. The number of hydrogen-bond acceptors (Lipinski definition) is 4. The summed E-state index contributed by atoms with van der Waals surface area (Å²) in [7, 11) is 0. The van der Waals surface area contributed by atoms with E-state index in [-0.39, 0.29) is 12.2 Å². The van der Waals surface area contributed by atoms with Gasteiger partial charge >= 0.3 is 0 Å². The summed E-state index contributed by atoms with van der Waals surface area (Å²) in [4.78, 5) is 12.9. The third-order valence-electron chi connectivity index (χ3n) is 2.77. The molecule has 0 amide bonds. The van der Waals surface area contributed by atoms with Gasteiger partial charge < -0.3 is 10.0 Å². The van der Waals surface area contributed by atoms with Crippen LogP contribution in [0.5, 0.6) is 0 Å². The molecule has 2 heterocycles. The Kier molecular flexibility index (Phi) is 3.01. The molecule has 0 saturated carbocycles. The van der Waals surface area contributed by atoms with Gasteiger partial charge in [-0.2, -0.15) is 5.10 Å². The standard InChI is InChI=1S/C10H15N3O2/c14-7-8-2-1-5-13(6-8)9-3-4-10(15)12-11-9/h3-4,8,14H,1-2,5-7H2,(H,12,15)/t8-/m1/s1. The Labute approximate surface area is 87.7 Å². The second-order valence-corrected chi connectivity index (χ2v) is 3.92. The van der Waals surface area contributed by atoms with Gasteiger partial charge in [-0.3, -0.25) is 4.79 Å². The monoisotopic (exact) mass is 209 g/mol. The Hall–Kier alpha value is -1.36. The van der Waals surface area contributed by atoms with Crippen molar-refractivity contribution in [1.82, 2.24) is 10.2 Å². The summed E-state index contributed by atoms with van der Waals surface area (Å²) >= 11 is 0. The van der Waals surface area contributed by atoms with Crippen LogP contribution in [0.1, 0.15) is 12.8 Å². The number of H-pyrrole nitrogens is 1. The Morgan fingerprint density at radius 2 is 2.47 bits per heavy atom. The lowest BCUT2D eigenvalue weighted by Crippen LogP contribution is -2.37. The van der Waals surface area contributed by atoms with Gasteiger partial charge in [-0.05, 0) is 24.8 Å². The molecule has 0 radical (unpaired) electrons. The third kappa shape index (κ3) is 2.36. The zero-order valence-electron chi connectivity index (χ0n) is 8.52.